The van der Waals surface area contributed by atoms with Crippen molar-refractivity contribution in [1.29, 1.82) is 0 Å². The third kappa shape index (κ3) is 3.00. The van der Waals surface area contributed by atoms with Crippen molar-refractivity contribution in [2.24, 2.45) is 17.3 Å². The second kappa shape index (κ2) is 6.46. The van der Waals surface area contributed by atoms with Gasteiger partial charge in [-0.15, -0.1) is 0 Å². The van der Waals surface area contributed by atoms with Gasteiger partial charge >= 0.3 is 0 Å². The van der Waals surface area contributed by atoms with Gasteiger partial charge in [0, 0.05) is 12.1 Å². The summed E-state index contributed by atoms with van der Waals surface area (Å²) in [6.45, 7) is 5.93. The average Bonchev–Trinajstić information content (AvgIpc) is 3.05. The molecule has 6 unspecified atom stereocenters. The van der Waals surface area contributed by atoms with Gasteiger partial charge in [-0.1, -0.05) is 20.3 Å². The Labute approximate surface area is 158 Å². The van der Waals surface area contributed by atoms with E-state index >= 15 is 0 Å². The molecule has 5 fully saturated rings. The first-order valence-corrected chi connectivity index (χ1v) is 10.8. The predicted octanol–water partition coefficient (Wildman–Crippen LogP) is 2.24. The van der Waals surface area contributed by atoms with E-state index in [1.165, 1.54) is 12.8 Å². The van der Waals surface area contributed by atoms with Crippen LogP contribution in [0.2, 0.25) is 0 Å². The van der Waals surface area contributed by atoms with Crippen molar-refractivity contribution in [3.63, 3.8) is 0 Å². The van der Waals surface area contributed by atoms with Crippen LogP contribution in [0.15, 0.2) is 0 Å². The number of hydrogen-bond donors (Lipinski definition) is 3. The molecule has 0 spiro atoms. The van der Waals surface area contributed by atoms with Gasteiger partial charge in [-0.05, 0) is 75.7 Å². The first-order valence-electron chi connectivity index (χ1n) is 10.8. The first-order chi connectivity index (χ1) is 12.3. The van der Waals surface area contributed by atoms with Gasteiger partial charge in [0.1, 0.15) is 0 Å². The summed E-state index contributed by atoms with van der Waals surface area (Å²) in [7, 11) is 1.94. The van der Waals surface area contributed by atoms with Gasteiger partial charge in [-0.3, -0.25) is 4.79 Å². The van der Waals surface area contributed by atoms with Crippen LogP contribution in [0.5, 0.6) is 0 Å². The number of likely N-dealkylation sites (tertiary alicyclic amines) is 1. The van der Waals surface area contributed by atoms with Crippen LogP contribution in [0.3, 0.4) is 0 Å². The molecule has 4 saturated carbocycles. The summed E-state index contributed by atoms with van der Waals surface area (Å²) in [6, 6.07) is 0. The largest absolute Gasteiger partial charge is 0.390 e. The molecule has 5 aliphatic rings. The fourth-order valence-corrected chi connectivity index (χ4v) is 7.37. The van der Waals surface area contributed by atoms with Gasteiger partial charge in [-0.25, -0.2) is 0 Å². The summed E-state index contributed by atoms with van der Waals surface area (Å²) in [4.78, 5) is 14.8. The molecule has 1 heterocycles. The molecule has 5 heteroatoms. The maximum atomic E-state index is 12.8. The highest BCUT2D eigenvalue weighted by Crippen LogP contribution is 2.65. The predicted molar refractivity (Wildman–Crippen MR) is 103 cm³/mol. The van der Waals surface area contributed by atoms with Gasteiger partial charge in [0.2, 0.25) is 5.91 Å². The normalized spacial score (nSPS) is 45.3. The standard InChI is InChI=1S/C21H37N3O2/c1-4-15(2)19-8-16-9-20(12-19,14-21(26,10-16)13-19)23-11-18(25)24-7-5-6-17(24)22-3/h15-17,22-23,26H,4-14H2,1-3H3. The molecule has 1 aliphatic heterocycles. The third-order valence-electron chi connectivity index (χ3n) is 8.26. The van der Waals surface area contributed by atoms with Crippen LogP contribution in [0, 0.1) is 17.3 Å². The second-order valence-electron chi connectivity index (χ2n) is 10.1. The van der Waals surface area contributed by atoms with Crippen molar-refractivity contribution in [3.05, 3.63) is 0 Å². The molecule has 26 heavy (non-hydrogen) atoms. The van der Waals surface area contributed by atoms with Crippen molar-refractivity contribution in [2.45, 2.75) is 88.9 Å². The molecule has 1 saturated heterocycles. The molecule has 1 amide bonds. The molecule has 3 N–H and O–H groups in total. The van der Waals surface area contributed by atoms with Gasteiger partial charge < -0.3 is 20.6 Å². The molecule has 0 aromatic carbocycles. The Balaban J connectivity index is 1.48. The van der Waals surface area contributed by atoms with E-state index in [1.807, 2.05) is 11.9 Å². The van der Waals surface area contributed by atoms with E-state index in [1.54, 1.807) is 0 Å². The van der Waals surface area contributed by atoms with E-state index in [0.29, 0.717) is 18.4 Å². The molecule has 5 nitrogen and oxygen atoms in total. The quantitative estimate of drug-likeness (QED) is 0.677. The smallest absolute Gasteiger partial charge is 0.237 e. The zero-order valence-electron chi connectivity index (χ0n) is 16.8. The van der Waals surface area contributed by atoms with Crippen molar-refractivity contribution < 1.29 is 9.90 Å². The minimum absolute atomic E-state index is 0.0396. The number of aliphatic hydroxyl groups is 1. The van der Waals surface area contributed by atoms with E-state index in [-0.39, 0.29) is 23.0 Å². The number of amides is 1. The Morgan fingerprint density at radius 2 is 2.08 bits per heavy atom. The molecule has 5 rings (SSSR count). The Bertz CT molecular complexity index is 569. The fraction of sp³-hybridized carbons (Fsp3) is 0.952. The molecule has 6 atom stereocenters. The average molecular weight is 364 g/mol. The van der Waals surface area contributed by atoms with Crippen molar-refractivity contribution in [2.75, 3.05) is 20.1 Å². The number of rotatable bonds is 6. The van der Waals surface area contributed by atoms with Gasteiger partial charge in [0.05, 0.1) is 18.3 Å². The van der Waals surface area contributed by atoms with Crippen LogP contribution in [0.25, 0.3) is 0 Å². The molecule has 4 bridgehead atoms. The number of nitrogens with zero attached hydrogens (tertiary/aromatic N) is 1. The van der Waals surface area contributed by atoms with Gasteiger partial charge in [0.25, 0.3) is 0 Å². The highest BCUT2D eigenvalue weighted by atomic mass is 16.3. The molecule has 4 aliphatic carbocycles. The zero-order chi connectivity index (χ0) is 18.6. The van der Waals surface area contributed by atoms with E-state index in [9.17, 15) is 9.90 Å². The number of carbonyl (C=O) groups is 1. The van der Waals surface area contributed by atoms with Crippen LogP contribution in [0.1, 0.15) is 71.6 Å². The van der Waals surface area contributed by atoms with Crippen LogP contribution in [-0.4, -0.2) is 53.4 Å². The summed E-state index contributed by atoms with van der Waals surface area (Å²) in [5.74, 6) is 1.47. The maximum absolute atomic E-state index is 12.8. The Morgan fingerprint density at radius 1 is 1.27 bits per heavy atom. The Morgan fingerprint density at radius 3 is 2.77 bits per heavy atom. The van der Waals surface area contributed by atoms with Crippen molar-refractivity contribution in [3.8, 4) is 0 Å². The first kappa shape index (κ1) is 18.7. The Hall–Kier alpha value is -0.650. The summed E-state index contributed by atoms with van der Waals surface area (Å²) in [5, 5.41) is 18.2. The van der Waals surface area contributed by atoms with Crippen LogP contribution in [-0.2, 0) is 4.79 Å². The highest BCUT2D eigenvalue weighted by molar-refractivity contribution is 5.79. The van der Waals surface area contributed by atoms with Crippen LogP contribution in [0.4, 0.5) is 0 Å². The SMILES string of the molecule is CCC(C)C12CC3CC(O)(CC(NCC(=O)N4CCCC4NC)(C3)C1)C2. The van der Waals surface area contributed by atoms with E-state index in [0.717, 1.165) is 51.5 Å². The molecular weight excluding hydrogens is 326 g/mol. The minimum atomic E-state index is -0.514. The lowest BCUT2D eigenvalue weighted by Gasteiger charge is -2.67. The molecular formula is C21H37N3O2. The topological polar surface area (TPSA) is 64.6 Å². The van der Waals surface area contributed by atoms with E-state index in [2.05, 4.69) is 24.5 Å². The maximum Gasteiger partial charge on any atom is 0.237 e. The van der Waals surface area contributed by atoms with E-state index in [4.69, 9.17) is 0 Å². The molecule has 148 valence electrons. The fourth-order valence-electron chi connectivity index (χ4n) is 7.37. The molecule has 0 aromatic rings. The van der Waals surface area contributed by atoms with E-state index < -0.39 is 5.60 Å². The molecule has 0 radical (unpaired) electrons. The zero-order valence-corrected chi connectivity index (χ0v) is 16.8. The lowest BCUT2D eigenvalue weighted by Crippen LogP contribution is -2.69. The number of hydrogen-bond acceptors (Lipinski definition) is 4. The monoisotopic (exact) mass is 363 g/mol. The summed E-state index contributed by atoms with van der Waals surface area (Å²) in [6.07, 6.45) is 9.81. The third-order valence-corrected chi connectivity index (χ3v) is 8.26. The molecule has 0 aromatic heterocycles. The van der Waals surface area contributed by atoms with Crippen LogP contribution < -0.4 is 10.6 Å². The minimum Gasteiger partial charge on any atom is -0.390 e. The van der Waals surface area contributed by atoms with Crippen molar-refractivity contribution >= 4 is 5.91 Å². The lowest BCUT2D eigenvalue weighted by molar-refractivity contribution is -0.195. The number of carbonyl (C=O) groups excluding carboxylic acids is 1. The summed E-state index contributed by atoms with van der Waals surface area (Å²) in [5.41, 5.74) is -0.289. The van der Waals surface area contributed by atoms with Gasteiger partial charge in [0.15, 0.2) is 0 Å². The Kier molecular flexibility index (Phi) is 4.64. The van der Waals surface area contributed by atoms with Gasteiger partial charge in [-0.2, -0.15) is 0 Å². The van der Waals surface area contributed by atoms with Crippen molar-refractivity contribution in [1.82, 2.24) is 15.5 Å². The second-order valence-corrected chi connectivity index (χ2v) is 10.1. The number of nitrogens with one attached hydrogen (secondary N) is 2. The van der Waals surface area contributed by atoms with Crippen LogP contribution >= 0.6 is 0 Å². The summed E-state index contributed by atoms with van der Waals surface area (Å²) < 4.78 is 0. The lowest BCUT2D eigenvalue weighted by atomic mass is 9.42. The summed E-state index contributed by atoms with van der Waals surface area (Å²) >= 11 is 0. The highest BCUT2D eigenvalue weighted by Gasteiger charge is 2.63.